The van der Waals surface area contributed by atoms with Crippen LogP contribution in [-0.2, 0) is 6.42 Å². The van der Waals surface area contributed by atoms with Gasteiger partial charge in [-0.05, 0) is 18.6 Å². The number of nitrogens with zero attached hydrogens (tertiary/aromatic N) is 2. The molecule has 2 aromatic heterocycles. The van der Waals surface area contributed by atoms with Crippen LogP contribution in [0.2, 0.25) is 5.15 Å². The minimum Gasteiger partial charge on any atom is -0.298 e. The molecule has 4 nitrogen and oxygen atoms in total. The van der Waals surface area contributed by atoms with Crippen LogP contribution in [0.1, 0.15) is 23.0 Å². The Bertz CT molecular complexity index is 528. The summed E-state index contributed by atoms with van der Waals surface area (Å²) < 4.78 is 0. The second-order valence-electron chi connectivity index (χ2n) is 3.31. The number of rotatable bonds is 3. The molecule has 0 aliphatic heterocycles. The van der Waals surface area contributed by atoms with E-state index >= 15 is 0 Å². The average molecular weight is 268 g/mol. The van der Waals surface area contributed by atoms with Gasteiger partial charge in [0.1, 0.15) is 5.15 Å². The van der Waals surface area contributed by atoms with Gasteiger partial charge in [-0.3, -0.25) is 10.1 Å². The molecule has 0 saturated carbocycles. The maximum Gasteiger partial charge on any atom is 0.257 e. The molecular formula is C11H10ClN3OS. The lowest BCUT2D eigenvalue weighted by molar-refractivity contribution is 0.102. The van der Waals surface area contributed by atoms with Crippen LogP contribution in [0.15, 0.2) is 23.7 Å². The van der Waals surface area contributed by atoms with E-state index in [4.69, 9.17) is 11.6 Å². The Morgan fingerprint density at radius 2 is 2.35 bits per heavy atom. The van der Waals surface area contributed by atoms with Gasteiger partial charge in [0.15, 0.2) is 5.13 Å². The molecule has 0 aliphatic rings. The first-order valence-electron chi connectivity index (χ1n) is 5.06. The van der Waals surface area contributed by atoms with Crippen molar-refractivity contribution in [1.29, 1.82) is 0 Å². The molecule has 17 heavy (non-hydrogen) atoms. The molecule has 2 aromatic rings. The monoisotopic (exact) mass is 267 g/mol. The molecule has 0 aromatic carbocycles. The van der Waals surface area contributed by atoms with Crippen molar-refractivity contribution < 1.29 is 4.79 Å². The molecule has 0 aliphatic carbocycles. The molecule has 0 unspecified atom stereocenters. The van der Waals surface area contributed by atoms with Crippen molar-refractivity contribution in [3.8, 4) is 0 Å². The van der Waals surface area contributed by atoms with Gasteiger partial charge in [0.25, 0.3) is 5.91 Å². The molecule has 2 heterocycles. The summed E-state index contributed by atoms with van der Waals surface area (Å²) in [5.74, 6) is -0.223. The first-order valence-corrected chi connectivity index (χ1v) is 6.32. The van der Waals surface area contributed by atoms with Crippen molar-refractivity contribution in [1.82, 2.24) is 9.97 Å². The van der Waals surface area contributed by atoms with Gasteiger partial charge in [0.05, 0.1) is 0 Å². The SMILES string of the molecule is CCc1cc(C(=O)Nc2nccs2)cc(Cl)n1. The second kappa shape index (κ2) is 5.25. The summed E-state index contributed by atoms with van der Waals surface area (Å²) >= 11 is 7.22. The highest BCUT2D eigenvalue weighted by Crippen LogP contribution is 2.15. The number of thiazole rings is 1. The van der Waals surface area contributed by atoms with Crippen LogP contribution in [0.4, 0.5) is 5.13 Å². The van der Waals surface area contributed by atoms with Gasteiger partial charge in [-0.15, -0.1) is 11.3 Å². The normalized spacial score (nSPS) is 10.2. The van der Waals surface area contributed by atoms with Crippen molar-refractivity contribution in [2.45, 2.75) is 13.3 Å². The highest BCUT2D eigenvalue weighted by Gasteiger charge is 2.10. The van der Waals surface area contributed by atoms with Crippen molar-refractivity contribution >= 4 is 34.0 Å². The lowest BCUT2D eigenvalue weighted by atomic mass is 10.2. The number of aromatic nitrogens is 2. The molecule has 0 saturated heterocycles. The van der Waals surface area contributed by atoms with Crippen LogP contribution >= 0.6 is 22.9 Å². The fraction of sp³-hybridized carbons (Fsp3) is 0.182. The van der Waals surface area contributed by atoms with Crippen molar-refractivity contribution in [2.24, 2.45) is 0 Å². The van der Waals surface area contributed by atoms with E-state index in [0.29, 0.717) is 15.8 Å². The number of hydrogen-bond donors (Lipinski definition) is 1. The Kier molecular flexibility index (Phi) is 3.71. The Hall–Kier alpha value is -1.46. The van der Waals surface area contributed by atoms with Crippen LogP contribution in [0.25, 0.3) is 0 Å². The Morgan fingerprint density at radius 1 is 1.53 bits per heavy atom. The largest absolute Gasteiger partial charge is 0.298 e. The average Bonchev–Trinajstić information content (AvgIpc) is 2.81. The van der Waals surface area contributed by atoms with E-state index in [-0.39, 0.29) is 5.91 Å². The molecular weight excluding hydrogens is 258 g/mol. The third-order valence-corrected chi connectivity index (χ3v) is 3.01. The van der Waals surface area contributed by atoms with Crippen molar-refractivity contribution in [2.75, 3.05) is 5.32 Å². The topological polar surface area (TPSA) is 54.9 Å². The van der Waals surface area contributed by atoms with Gasteiger partial charge in [0.2, 0.25) is 0 Å². The molecule has 1 amide bonds. The molecule has 6 heteroatoms. The summed E-state index contributed by atoms with van der Waals surface area (Å²) in [5.41, 5.74) is 1.29. The van der Waals surface area contributed by atoms with E-state index in [9.17, 15) is 4.79 Å². The van der Waals surface area contributed by atoms with E-state index in [0.717, 1.165) is 12.1 Å². The van der Waals surface area contributed by atoms with Gasteiger partial charge in [-0.25, -0.2) is 9.97 Å². The summed E-state index contributed by atoms with van der Waals surface area (Å²) in [6, 6.07) is 3.28. The molecule has 2 rings (SSSR count). The molecule has 88 valence electrons. The van der Waals surface area contributed by atoms with Crippen molar-refractivity contribution in [3.05, 3.63) is 40.1 Å². The lowest BCUT2D eigenvalue weighted by Crippen LogP contribution is -2.12. The zero-order valence-corrected chi connectivity index (χ0v) is 10.7. The standard InChI is InChI=1S/C11H10ClN3OS/c1-2-8-5-7(6-9(12)14-8)10(16)15-11-13-3-4-17-11/h3-6H,2H2,1H3,(H,13,15,16). The maximum atomic E-state index is 11.9. The number of halogens is 1. The van der Waals surface area contributed by atoms with Crippen molar-refractivity contribution in [3.63, 3.8) is 0 Å². The van der Waals surface area contributed by atoms with Gasteiger partial charge in [-0.1, -0.05) is 18.5 Å². The van der Waals surface area contributed by atoms with Crippen LogP contribution in [-0.4, -0.2) is 15.9 Å². The fourth-order valence-electron chi connectivity index (χ4n) is 1.32. The number of pyridine rings is 1. The highest BCUT2D eigenvalue weighted by atomic mass is 35.5. The third kappa shape index (κ3) is 3.01. The minimum absolute atomic E-state index is 0.223. The van der Waals surface area contributed by atoms with Gasteiger partial charge in [-0.2, -0.15) is 0 Å². The molecule has 0 bridgehead atoms. The van der Waals surface area contributed by atoms with E-state index in [1.807, 2.05) is 6.92 Å². The van der Waals surface area contributed by atoms with E-state index in [1.165, 1.54) is 11.3 Å². The lowest BCUT2D eigenvalue weighted by Gasteiger charge is -2.04. The number of amides is 1. The summed E-state index contributed by atoms with van der Waals surface area (Å²) in [5, 5.41) is 5.39. The van der Waals surface area contributed by atoms with E-state index in [1.54, 1.807) is 23.7 Å². The number of anilines is 1. The zero-order valence-electron chi connectivity index (χ0n) is 9.11. The third-order valence-electron chi connectivity index (χ3n) is 2.12. The van der Waals surface area contributed by atoms with Crippen LogP contribution < -0.4 is 5.32 Å². The van der Waals surface area contributed by atoms with Crippen LogP contribution in [0, 0.1) is 0 Å². The number of carbonyl (C=O) groups is 1. The van der Waals surface area contributed by atoms with Crippen LogP contribution in [0.3, 0.4) is 0 Å². The Balaban J connectivity index is 2.21. The fourth-order valence-corrected chi connectivity index (χ4v) is 2.07. The summed E-state index contributed by atoms with van der Waals surface area (Å²) in [7, 11) is 0. The predicted octanol–water partition coefficient (Wildman–Crippen LogP) is 3.01. The Morgan fingerprint density at radius 3 is 3.00 bits per heavy atom. The number of nitrogens with one attached hydrogen (secondary N) is 1. The maximum absolute atomic E-state index is 11.9. The van der Waals surface area contributed by atoms with Gasteiger partial charge >= 0.3 is 0 Å². The van der Waals surface area contributed by atoms with E-state index < -0.39 is 0 Å². The molecule has 0 fully saturated rings. The number of carbonyl (C=O) groups excluding carboxylic acids is 1. The zero-order chi connectivity index (χ0) is 12.3. The first kappa shape index (κ1) is 12.0. The summed E-state index contributed by atoms with van der Waals surface area (Å²) in [6.07, 6.45) is 2.37. The summed E-state index contributed by atoms with van der Waals surface area (Å²) in [4.78, 5) is 20.0. The van der Waals surface area contributed by atoms with Gasteiger partial charge < -0.3 is 0 Å². The molecule has 1 N–H and O–H groups in total. The quantitative estimate of drug-likeness (QED) is 0.870. The summed E-state index contributed by atoms with van der Waals surface area (Å²) in [6.45, 7) is 1.96. The first-order chi connectivity index (χ1) is 8.19. The number of hydrogen-bond acceptors (Lipinski definition) is 4. The highest BCUT2D eigenvalue weighted by molar-refractivity contribution is 7.13. The molecule has 0 atom stereocenters. The van der Waals surface area contributed by atoms with E-state index in [2.05, 4.69) is 15.3 Å². The van der Waals surface area contributed by atoms with Gasteiger partial charge in [0, 0.05) is 22.8 Å². The number of aryl methyl sites for hydroxylation is 1. The smallest absolute Gasteiger partial charge is 0.257 e. The minimum atomic E-state index is -0.223. The molecule has 0 radical (unpaired) electrons. The Labute approximate surface area is 108 Å². The molecule has 0 spiro atoms. The second-order valence-corrected chi connectivity index (χ2v) is 4.60. The predicted molar refractivity (Wildman–Crippen MR) is 68.7 cm³/mol. The van der Waals surface area contributed by atoms with Crippen LogP contribution in [0.5, 0.6) is 0 Å².